The minimum Gasteiger partial charge on any atom is -0.487 e. The molecule has 42 heavy (non-hydrogen) atoms. The van der Waals surface area contributed by atoms with Crippen molar-refractivity contribution in [3.63, 3.8) is 0 Å². The van der Waals surface area contributed by atoms with Crippen LogP contribution < -0.4 is 31.2 Å². The highest BCUT2D eigenvalue weighted by Crippen LogP contribution is 2.42. The highest BCUT2D eigenvalue weighted by molar-refractivity contribution is 7.18. The zero-order chi connectivity index (χ0) is 30.1. The molecule has 1 fully saturated rings. The lowest BCUT2D eigenvalue weighted by molar-refractivity contribution is 0.0960. The van der Waals surface area contributed by atoms with Crippen molar-refractivity contribution < 1.29 is 13.9 Å². The largest absolute Gasteiger partial charge is 0.487 e. The van der Waals surface area contributed by atoms with Crippen molar-refractivity contribution in [2.45, 2.75) is 33.7 Å². The van der Waals surface area contributed by atoms with E-state index in [4.69, 9.17) is 4.74 Å². The van der Waals surface area contributed by atoms with Gasteiger partial charge < -0.3 is 24.4 Å². The van der Waals surface area contributed by atoms with Crippen LogP contribution in [-0.2, 0) is 0 Å². The Balaban J connectivity index is 0.000000830. The molecule has 0 aliphatic carbocycles. The van der Waals surface area contributed by atoms with Crippen molar-refractivity contribution in [1.29, 1.82) is 0 Å². The molecule has 1 saturated heterocycles. The highest BCUT2D eigenvalue weighted by Gasteiger charge is 2.31. The predicted molar refractivity (Wildman–Crippen MR) is 166 cm³/mol. The summed E-state index contributed by atoms with van der Waals surface area (Å²) < 4.78 is 23.4. The lowest BCUT2D eigenvalue weighted by atomic mass is 10.0. The number of carbonyl (C=O) groups is 1. The first-order valence-corrected chi connectivity index (χ1v) is 14.9. The van der Waals surface area contributed by atoms with Crippen LogP contribution in [0, 0.1) is 19.7 Å². The Morgan fingerprint density at radius 1 is 1.21 bits per heavy atom. The fraction of sp³-hybridized carbons (Fsp3) is 0.448. The Labute approximate surface area is 247 Å². The third-order valence-corrected chi connectivity index (χ3v) is 8.93. The molecule has 0 radical (unpaired) electrons. The van der Waals surface area contributed by atoms with Gasteiger partial charge in [-0.3, -0.25) is 20.4 Å². The molecular weight excluding hydrogens is 559 g/mol. The number of nitrogens with zero attached hydrogens (tertiary/aromatic N) is 5. The van der Waals surface area contributed by atoms with Crippen molar-refractivity contribution in [2.75, 3.05) is 63.8 Å². The number of carbonyl (C=O) groups excluding carboxylic acids is 1. The molecule has 0 bridgehead atoms. The predicted octanol–water partition coefficient (Wildman–Crippen LogP) is 3.45. The first-order chi connectivity index (χ1) is 20.2. The van der Waals surface area contributed by atoms with Gasteiger partial charge in [0.05, 0.1) is 22.3 Å². The molecule has 4 aromatic rings. The average Bonchev–Trinajstić information content (AvgIpc) is 3.28. The van der Waals surface area contributed by atoms with E-state index in [-0.39, 0.29) is 17.0 Å². The number of piperazine rings is 1. The number of halogens is 1. The van der Waals surface area contributed by atoms with Crippen LogP contribution in [0.3, 0.4) is 0 Å². The maximum Gasteiger partial charge on any atom is 0.275 e. The number of amides is 1. The van der Waals surface area contributed by atoms with E-state index in [0.717, 1.165) is 40.3 Å². The van der Waals surface area contributed by atoms with Gasteiger partial charge in [0.2, 0.25) is 5.43 Å². The van der Waals surface area contributed by atoms with Gasteiger partial charge in [0.25, 0.3) is 5.91 Å². The van der Waals surface area contributed by atoms with Crippen molar-refractivity contribution in [1.82, 2.24) is 30.2 Å². The van der Waals surface area contributed by atoms with E-state index in [1.807, 2.05) is 44.3 Å². The van der Waals surface area contributed by atoms with E-state index in [2.05, 4.69) is 38.0 Å². The molecule has 2 aliphatic heterocycles. The first-order valence-electron chi connectivity index (χ1n) is 14.0. The Bertz CT molecular complexity index is 1690. The molecule has 0 spiro atoms. The molecule has 11 nitrogen and oxygen atoms in total. The highest BCUT2D eigenvalue weighted by atomic mass is 32.1. The number of pyridine rings is 1. The second kappa shape index (κ2) is 12.2. The summed E-state index contributed by atoms with van der Waals surface area (Å²) in [5, 5.41) is 3.86. The van der Waals surface area contributed by atoms with Crippen molar-refractivity contribution in [2.24, 2.45) is 0 Å². The van der Waals surface area contributed by atoms with Crippen LogP contribution in [0.5, 0.6) is 5.75 Å². The first kappa shape index (κ1) is 29.7. The summed E-state index contributed by atoms with van der Waals surface area (Å²) in [6.45, 7) is 12.2. The maximum atomic E-state index is 15.6. The zero-order valence-electron chi connectivity index (χ0n) is 24.8. The van der Waals surface area contributed by atoms with Gasteiger partial charge in [-0.05, 0) is 53.0 Å². The number of anilines is 2. The Morgan fingerprint density at radius 3 is 2.62 bits per heavy atom. The summed E-state index contributed by atoms with van der Waals surface area (Å²) in [6.07, 6.45) is 2.96. The number of likely N-dealkylation sites (N-methyl/N-ethyl adjacent to an activating group) is 1. The maximum absolute atomic E-state index is 15.6. The Morgan fingerprint density at radius 2 is 1.93 bits per heavy atom. The monoisotopic (exact) mass is 596 g/mol. The molecule has 2 aliphatic rings. The number of rotatable bonds is 5. The van der Waals surface area contributed by atoms with Gasteiger partial charge in [-0.1, -0.05) is 6.92 Å². The topological polar surface area (TPSA) is 117 Å². The number of hydrogen-bond acceptors (Lipinski definition) is 10. The molecule has 1 atom stereocenters. The number of ether oxygens (including phenoxy) is 1. The number of hydrazine groups is 1. The zero-order valence-corrected chi connectivity index (χ0v) is 25.6. The van der Waals surface area contributed by atoms with Gasteiger partial charge >= 0.3 is 0 Å². The molecule has 0 saturated carbocycles. The van der Waals surface area contributed by atoms with E-state index in [0.29, 0.717) is 42.5 Å². The van der Waals surface area contributed by atoms with Gasteiger partial charge in [0.1, 0.15) is 29.0 Å². The number of thiophene rings is 1. The average molecular weight is 597 g/mol. The van der Waals surface area contributed by atoms with E-state index < -0.39 is 17.2 Å². The third kappa shape index (κ3) is 5.39. The van der Waals surface area contributed by atoms with Crippen LogP contribution in [0.15, 0.2) is 23.4 Å². The SMILES string of the molecule is CCNC.Cc1sc2ncnc(NNC(=O)c3cn4c5c(c(N6CCN(C)CC6)c(F)cc5c3=O)OCC4C)c2c1C. The van der Waals surface area contributed by atoms with E-state index in [9.17, 15) is 9.59 Å². The van der Waals surface area contributed by atoms with Crippen molar-refractivity contribution in [3.8, 4) is 5.75 Å². The second-order valence-electron chi connectivity index (χ2n) is 10.6. The van der Waals surface area contributed by atoms with Crippen LogP contribution in [0.4, 0.5) is 15.9 Å². The summed E-state index contributed by atoms with van der Waals surface area (Å²) in [5.41, 5.74) is 6.70. The number of hydrogen-bond donors (Lipinski definition) is 3. The lowest BCUT2D eigenvalue weighted by Gasteiger charge is -2.37. The molecule has 3 N–H and O–H groups in total. The van der Waals surface area contributed by atoms with Crippen LogP contribution in [-0.4, -0.2) is 78.8 Å². The Hall–Kier alpha value is -3.81. The summed E-state index contributed by atoms with van der Waals surface area (Å²) in [7, 11) is 3.96. The van der Waals surface area contributed by atoms with Gasteiger partial charge in [0.15, 0.2) is 17.4 Å². The normalized spacial score (nSPS) is 16.6. The summed E-state index contributed by atoms with van der Waals surface area (Å²) in [5.74, 6) is -0.366. The number of benzene rings is 1. The molecule has 6 rings (SSSR count). The van der Waals surface area contributed by atoms with E-state index in [1.165, 1.54) is 12.4 Å². The quantitative estimate of drug-likeness (QED) is 0.298. The minimum atomic E-state index is -0.638. The standard InChI is InChI=1S/C26H28FN7O3S.C3H9N/c1-13-11-37-23-20-16(9-18(27)21(23)33-7-5-32(4)6-8-33)22(35)17(10-34(13)20)25(36)31-30-24-19-14(2)15(3)38-26(19)29-12-28-24;1-3-4-2/h9-10,12-13H,5-8,11H2,1-4H3,(H,31,36)(H,28,29,30);4H,3H2,1-2H3. The lowest BCUT2D eigenvalue weighted by Crippen LogP contribution is -2.45. The number of aryl methyl sites for hydroxylation is 2. The van der Waals surface area contributed by atoms with Crippen molar-refractivity contribution in [3.05, 3.63) is 50.6 Å². The summed E-state index contributed by atoms with van der Waals surface area (Å²) in [6, 6.07) is 1.08. The second-order valence-corrected chi connectivity index (χ2v) is 11.8. The molecule has 13 heteroatoms. The molecular formula is C29H37FN8O3S. The number of aromatic nitrogens is 3. The van der Waals surface area contributed by atoms with Crippen LogP contribution in [0.1, 0.15) is 40.7 Å². The van der Waals surface area contributed by atoms with Crippen LogP contribution >= 0.6 is 11.3 Å². The van der Waals surface area contributed by atoms with Crippen LogP contribution in [0.25, 0.3) is 21.1 Å². The number of nitrogens with one attached hydrogen (secondary N) is 3. The fourth-order valence-corrected chi connectivity index (χ4v) is 6.16. The van der Waals surface area contributed by atoms with Gasteiger partial charge in [-0.15, -0.1) is 11.3 Å². The molecule has 5 heterocycles. The third-order valence-electron chi connectivity index (χ3n) is 7.82. The minimum absolute atomic E-state index is 0.0973. The van der Waals surface area contributed by atoms with Crippen molar-refractivity contribution >= 4 is 49.9 Å². The summed E-state index contributed by atoms with van der Waals surface area (Å²) >= 11 is 1.54. The summed E-state index contributed by atoms with van der Waals surface area (Å²) in [4.78, 5) is 41.4. The molecule has 1 amide bonds. The molecule has 1 unspecified atom stereocenters. The van der Waals surface area contributed by atoms with Crippen LogP contribution in [0.2, 0.25) is 0 Å². The molecule has 1 aromatic carbocycles. The smallest absolute Gasteiger partial charge is 0.275 e. The van der Waals surface area contributed by atoms with Gasteiger partial charge in [-0.25, -0.2) is 14.4 Å². The van der Waals surface area contributed by atoms with E-state index in [1.54, 1.807) is 17.5 Å². The molecule has 3 aromatic heterocycles. The number of fused-ring (bicyclic) bond motifs is 1. The van der Waals surface area contributed by atoms with Gasteiger partial charge in [-0.2, -0.15) is 0 Å². The van der Waals surface area contributed by atoms with E-state index >= 15 is 4.39 Å². The fourth-order valence-electron chi connectivity index (χ4n) is 5.16. The molecule has 224 valence electrons. The Kier molecular flexibility index (Phi) is 8.62. The van der Waals surface area contributed by atoms with Gasteiger partial charge in [0, 0.05) is 37.3 Å².